The molecule has 1 heterocycles. The van der Waals surface area contributed by atoms with Crippen molar-refractivity contribution in [3.05, 3.63) is 22.5 Å². The Kier molecular flexibility index (Phi) is 1.67. The molecule has 0 radical (unpaired) electrons. The number of hydrogen-bond donors (Lipinski definition) is 2. The van der Waals surface area contributed by atoms with Crippen LogP contribution in [0.1, 0.15) is 39.0 Å². The molecule has 3 aliphatic rings. The lowest BCUT2D eigenvalue weighted by Gasteiger charge is -2.27. The normalized spacial score (nSPS) is 31.9. The Labute approximate surface area is 85.2 Å². The van der Waals surface area contributed by atoms with Crippen molar-refractivity contribution in [3.8, 4) is 0 Å². The SMILES string of the molecule is CC1=C(C2CC2)C(N)=C2CCCC2N1. The van der Waals surface area contributed by atoms with Crippen LogP contribution in [0, 0.1) is 5.92 Å². The first-order valence-electron chi connectivity index (χ1n) is 5.73. The molecule has 3 N–H and O–H groups in total. The molecule has 0 aromatic carbocycles. The van der Waals surface area contributed by atoms with Crippen molar-refractivity contribution in [2.24, 2.45) is 11.7 Å². The molecule has 1 unspecified atom stereocenters. The van der Waals surface area contributed by atoms with E-state index in [1.807, 2.05) is 0 Å². The third-order valence-electron chi connectivity index (χ3n) is 3.78. The number of fused-ring (bicyclic) bond motifs is 1. The van der Waals surface area contributed by atoms with Crippen LogP contribution in [0.25, 0.3) is 0 Å². The summed E-state index contributed by atoms with van der Waals surface area (Å²) in [5.74, 6) is 0.775. The molecule has 1 aliphatic heterocycles. The molecule has 0 aromatic heterocycles. The first kappa shape index (κ1) is 8.39. The maximum atomic E-state index is 6.28. The van der Waals surface area contributed by atoms with Crippen LogP contribution in [0.4, 0.5) is 0 Å². The molecule has 2 saturated carbocycles. The predicted molar refractivity (Wildman–Crippen MR) is 57.4 cm³/mol. The van der Waals surface area contributed by atoms with Gasteiger partial charge in [-0.2, -0.15) is 0 Å². The minimum Gasteiger partial charge on any atom is -0.398 e. The van der Waals surface area contributed by atoms with E-state index in [1.54, 1.807) is 0 Å². The summed E-state index contributed by atoms with van der Waals surface area (Å²) < 4.78 is 0. The molecule has 0 spiro atoms. The number of rotatable bonds is 1. The largest absolute Gasteiger partial charge is 0.398 e. The first-order valence-corrected chi connectivity index (χ1v) is 5.73. The van der Waals surface area contributed by atoms with Crippen LogP contribution in [0.2, 0.25) is 0 Å². The fourth-order valence-electron chi connectivity index (χ4n) is 2.94. The molecule has 0 bridgehead atoms. The summed E-state index contributed by atoms with van der Waals surface area (Å²) in [5, 5.41) is 3.62. The van der Waals surface area contributed by atoms with Gasteiger partial charge in [-0.1, -0.05) is 0 Å². The molecule has 0 aromatic rings. The molecule has 0 amide bonds. The van der Waals surface area contributed by atoms with Gasteiger partial charge in [0.15, 0.2) is 0 Å². The standard InChI is InChI=1S/C12H18N2/c1-7-11(8-5-6-8)12(13)9-3-2-4-10(9)14-7/h8,10,14H,2-6,13H2,1H3. The van der Waals surface area contributed by atoms with Crippen molar-refractivity contribution < 1.29 is 0 Å². The molecule has 14 heavy (non-hydrogen) atoms. The van der Waals surface area contributed by atoms with Gasteiger partial charge in [0.2, 0.25) is 0 Å². The fourth-order valence-corrected chi connectivity index (χ4v) is 2.94. The van der Waals surface area contributed by atoms with Crippen LogP contribution in [0.15, 0.2) is 22.5 Å². The van der Waals surface area contributed by atoms with Gasteiger partial charge in [-0.3, -0.25) is 0 Å². The van der Waals surface area contributed by atoms with E-state index in [9.17, 15) is 0 Å². The number of dihydropyridines is 1. The van der Waals surface area contributed by atoms with Gasteiger partial charge in [0.1, 0.15) is 0 Å². The molecule has 2 nitrogen and oxygen atoms in total. The van der Waals surface area contributed by atoms with Gasteiger partial charge >= 0.3 is 0 Å². The molecule has 76 valence electrons. The van der Waals surface area contributed by atoms with Crippen LogP contribution >= 0.6 is 0 Å². The topological polar surface area (TPSA) is 38.0 Å². The monoisotopic (exact) mass is 190 g/mol. The minimum absolute atomic E-state index is 0.567. The van der Waals surface area contributed by atoms with Crippen LogP contribution in [0.5, 0.6) is 0 Å². The average molecular weight is 190 g/mol. The van der Waals surface area contributed by atoms with Crippen molar-refractivity contribution >= 4 is 0 Å². The van der Waals surface area contributed by atoms with E-state index < -0.39 is 0 Å². The van der Waals surface area contributed by atoms with Crippen LogP contribution in [-0.4, -0.2) is 6.04 Å². The maximum Gasteiger partial charge on any atom is 0.0493 e. The Morgan fingerprint density at radius 1 is 1.29 bits per heavy atom. The number of hydrogen-bond acceptors (Lipinski definition) is 2. The van der Waals surface area contributed by atoms with Crippen LogP contribution in [0.3, 0.4) is 0 Å². The zero-order valence-electron chi connectivity index (χ0n) is 8.77. The second kappa shape index (κ2) is 2.78. The highest BCUT2D eigenvalue weighted by Crippen LogP contribution is 2.44. The van der Waals surface area contributed by atoms with Crippen molar-refractivity contribution in [2.45, 2.75) is 45.1 Å². The zero-order valence-corrected chi connectivity index (χ0v) is 8.77. The Hall–Kier alpha value is -0.920. The summed E-state index contributed by atoms with van der Waals surface area (Å²) in [7, 11) is 0. The van der Waals surface area contributed by atoms with E-state index in [4.69, 9.17) is 5.73 Å². The second-order valence-corrected chi connectivity index (χ2v) is 4.84. The van der Waals surface area contributed by atoms with Gasteiger partial charge in [-0.15, -0.1) is 0 Å². The van der Waals surface area contributed by atoms with Crippen molar-refractivity contribution in [1.29, 1.82) is 0 Å². The van der Waals surface area contributed by atoms with Crippen molar-refractivity contribution in [3.63, 3.8) is 0 Å². The van der Waals surface area contributed by atoms with E-state index in [-0.39, 0.29) is 0 Å². The van der Waals surface area contributed by atoms with Crippen LogP contribution in [-0.2, 0) is 0 Å². The van der Waals surface area contributed by atoms with E-state index in [0.717, 1.165) is 11.6 Å². The molecular formula is C12H18N2. The highest BCUT2D eigenvalue weighted by atomic mass is 15.0. The Balaban J connectivity index is 2.02. The summed E-state index contributed by atoms with van der Waals surface area (Å²) >= 11 is 0. The minimum atomic E-state index is 0.567. The summed E-state index contributed by atoms with van der Waals surface area (Å²) in [4.78, 5) is 0. The summed E-state index contributed by atoms with van der Waals surface area (Å²) in [6, 6.07) is 0.567. The predicted octanol–water partition coefficient (Wildman–Crippen LogP) is 2.04. The van der Waals surface area contributed by atoms with Gasteiger partial charge in [0.25, 0.3) is 0 Å². The number of nitrogens with two attached hydrogens (primary N) is 1. The lowest BCUT2D eigenvalue weighted by molar-refractivity contribution is 0.620. The molecule has 2 heteroatoms. The van der Waals surface area contributed by atoms with Gasteiger partial charge in [-0.25, -0.2) is 0 Å². The molecule has 3 rings (SSSR count). The van der Waals surface area contributed by atoms with E-state index in [2.05, 4.69) is 12.2 Å². The smallest absolute Gasteiger partial charge is 0.0493 e. The first-order chi connectivity index (χ1) is 6.77. The number of allylic oxidation sites excluding steroid dienone is 2. The Morgan fingerprint density at radius 3 is 2.79 bits per heavy atom. The third kappa shape index (κ3) is 1.09. The highest BCUT2D eigenvalue weighted by Gasteiger charge is 2.36. The summed E-state index contributed by atoms with van der Waals surface area (Å²) in [6.07, 6.45) is 6.47. The Morgan fingerprint density at radius 2 is 2.07 bits per heavy atom. The Bertz CT molecular complexity index is 334. The van der Waals surface area contributed by atoms with Gasteiger partial charge in [-0.05, 0) is 56.1 Å². The van der Waals surface area contributed by atoms with Crippen molar-refractivity contribution in [2.75, 3.05) is 0 Å². The van der Waals surface area contributed by atoms with Gasteiger partial charge in [0, 0.05) is 17.4 Å². The van der Waals surface area contributed by atoms with E-state index >= 15 is 0 Å². The fraction of sp³-hybridized carbons (Fsp3) is 0.667. The maximum absolute atomic E-state index is 6.28. The van der Waals surface area contributed by atoms with E-state index in [0.29, 0.717) is 6.04 Å². The highest BCUT2D eigenvalue weighted by molar-refractivity contribution is 5.46. The van der Waals surface area contributed by atoms with Crippen LogP contribution < -0.4 is 11.1 Å². The van der Waals surface area contributed by atoms with Gasteiger partial charge in [0.05, 0.1) is 0 Å². The summed E-state index contributed by atoms with van der Waals surface area (Å²) in [6.45, 7) is 2.19. The lowest BCUT2D eigenvalue weighted by Crippen LogP contribution is -2.34. The third-order valence-corrected chi connectivity index (χ3v) is 3.78. The zero-order chi connectivity index (χ0) is 9.71. The van der Waals surface area contributed by atoms with Gasteiger partial charge < -0.3 is 11.1 Å². The molecule has 1 atom stereocenters. The molecule has 2 fully saturated rings. The van der Waals surface area contributed by atoms with Crippen molar-refractivity contribution in [1.82, 2.24) is 5.32 Å². The molecule has 2 aliphatic carbocycles. The molecule has 0 saturated heterocycles. The average Bonchev–Trinajstić information content (AvgIpc) is 2.84. The second-order valence-electron chi connectivity index (χ2n) is 4.84. The summed E-state index contributed by atoms with van der Waals surface area (Å²) in [5.41, 5.74) is 11.7. The number of nitrogens with one attached hydrogen (secondary N) is 1. The lowest BCUT2D eigenvalue weighted by atomic mass is 9.94. The van der Waals surface area contributed by atoms with E-state index in [1.165, 1.54) is 48.9 Å². The molecular weight excluding hydrogens is 172 g/mol. The quantitative estimate of drug-likeness (QED) is 0.664.